The molecule has 1 aromatic heterocycles. The Morgan fingerprint density at radius 3 is 2.36 bits per heavy atom. The van der Waals surface area contributed by atoms with Crippen LogP contribution in [0.15, 0.2) is 51.7 Å². The lowest BCUT2D eigenvalue weighted by atomic mass is 10.1. The fourth-order valence-corrected chi connectivity index (χ4v) is 2.41. The lowest BCUT2D eigenvalue weighted by Gasteiger charge is -2.09. The Morgan fingerprint density at radius 1 is 1.00 bits per heavy atom. The molecule has 3 rings (SSSR count). The van der Waals surface area contributed by atoms with Crippen molar-refractivity contribution in [3.05, 3.63) is 57.9 Å². The summed E-state index contributed by atoms with van der Waals surface area (Å²) in [5.74, 6) is 1.14. The van der Waals surface area contributed by atoms with E-state index >= 15 is 0 Å². The van der Waals surface area contributed by atoms with E-state index in [0.717, 1.165) is 5.56 Å². The van der Waals surface area contributed by atoms with Crippen molar-refractivity contribution in [2.45, 2.75) is 0 Å². The van der Waals surface area contributed by atoms with Crippen molar-refractivity contribution >= 4 is 22.6 Å². The molecule has 0 saturated heterocycles. The predicted octanol–water partition coefficient (Wildman–Crippen LogP) is 4.13. The van der Waals surface area contributed by atoms with Gasteiger partial charge in [-0.15, -0.1) is 0 Å². The Morgan fingerprint density at radius 2 is 1.73 bits per heavy atom. The van der Waals surface area contributed by atoms with Gasteiger partial charge in [0.1, 0.15) is 17.1 Å². The van der Waals surface area contributed by atoms with Crippen LogP contribution in [0.2, 0.25) is 5.02 Å². The average Bonchev–Trinajstić information content (AvgIpc) is 2.54. The van der Waals surface area contributed by atoms with Crippen LogP contribution in [0.5, 0.6) is 11.5 Å². The number of benzene rings is 2. The third kappa shape index (κ3) is 2.53. The smallest absolute Gasteiger partial charge is 0.344 e. The van der Waals surface area contributed by atoms with Crippen LogP contribution in [-0.2, 0) is 0 Å². The van der Waals surface area contributed by atoms with Crippen LogP contribution in [0.4, 0.5) is 0 Å². The maximum Gasteiger partial charge on any atom is 0.344 e. The summed E-state index contributed by atoms with van der Waals surface area (Å²) in [6.45, 7) is 0. The van der Waals surface area contributed by atoms with E-state index in [1.54, 1.807) is 56.7 Å². The van der Waals surface area contributed by atoms with Crippen LogP contribution in [0.3, 0.4) is 0 Å². The average molecular weight is 317 g/mol. The summed E-state index contributed by atoms with van der Waals surface area (Å²) >= 11 is 5.88. The van der Waals surface area contributed by atoms with Gasteiger partial charge in [0.05, 0.1) is 25.2 Å². The monoisotopic (exact) mass is 316 g/mol. The molecule has 0 bridgehead atoms. The van der Waals surface area contributed by atoms with Gasteiger partial charge in [-0.25, -0.2) is 4.79 Å². The fourth-order valence-electron chi connectivity index (χ4n) is 2.28. The van der Waals surface area contributed by atoms with Gasteiger partial charge in [0.15, 0.2) is 0 Å². The second-order valence-corrected chi connectivity index (χ2v) is 5.13. The van der Waals surface area contributed by atoms with Crippen LogP contribution in [0.1, 0.15) is 0 Å². The maximum absolute atomic E-state index is 12.2. The number of halogens is 1. The highest BCUT2D eigenvalue weighted by Crippen LogP contribution is 2.32. The van der Waals surface area contributed by atoms with E-state index in [0.29, 0.717) is 33.1 Å². The van der Waals surface area contributed by atoms with Crippen molar-refractivity contribution in [2.75, 3.05) is 14.2 Å². The molecule has 5 heteroatoms. The number of fused-ring (bicyclic) bond motifs is 1. The van der Waals surface area contributed by atoms with Crippen molar-refractivity contribution in [3.63, 3.8) is 0 Å². The molecular formula is C17H13ClO4. The Hall–Kier alpha value is -2.46. The zero-order valence-corrected chi connectivity index (χ0v) is 12.8. The van der Waals surface area contributed by atoms with E-state index in [2.05, 4.69) is 0 Å². The van der Waals surface area contributed by atoms with Gasteiger partial charge in [0.25, 0.3) is 0 Å². The molecule has 22 heavy (non-hydrogen) atoms. The SMILES string of the molecule is COc1cc(OC)c2cc(-c3ccc(Cl)cc3)c(=O)oc2c1. The van der Waals surface area contributed by atoms with Gasteiger partial charge in [-0.05, 0) is 23.8 Å². The molecule has 0 amide bonds. The summed E-state index contributed by atoms with van der Waals surface area (Å²) in [5, 5.41) is 1.31. The van der Waals surface area contributed by atoms with E-state index in [1.807, 2.05) is 0 Å². The Kier molecular flexibility index (Phi) is 3.77. The summed E-state index contributed by atoms with van der Waals surface area (Å²) in [6.07, 6.45) is 0. The van der Waals surface area contributed by atoms with Gasteiger partial charge in [-0.2, -0.15) is 0 Å². The van der Waals surface area contributed by atoms with Gasteiger partial charge >= 0.3 is 5.63 Å². The predicted molar refractivity (Wildman–Crippen MR) is 86.0 cm³/mol. The minimum absolute atomic E-state index is 0.416. The molecule has 0 N–H and O–H groups in total. The van der Waals surface area contributed by atoms with E-state index in [-0.39, 0.29) is 0 Å². The summed E-state index contributed by atoms with van der Waals surface area (Å²) < 4.78 is 15.9. The molecule has 0 radical (unpaired) electrons. The van der Waals surface area contributed by atoms with Crippen LogP contribution >= 0.6 is 11.6 Å². The molecule has 0 aliphatic rings. The first-order valence-corrected chi connectivity index (χ1v) is 6.96. The Bertz CT molecular complexity index is 882. The molecule has 0 unspecified atom stereocenters. The maximum atomic E-state index is 12.2. The molecule has 0 aliphatic carbocycles. The minimum Gasteiger partial charge on any atom is -0.496 e. The summed E-state index contributed by atoms with van der Waals surface area (Å²) in [4.78, 5) is 12.2. The van der Waals surface area contributed by atoms with Crippen molar-refractivity contribution in [2.24, 2.45) is 0 Å². The number of hydrogen-bond donors (Lipinski definition) is 0. The molecule has 0 fully saturated rings. The van der Waals surface area contributed by atoms with Gasteiger partial charge < -0.3 is 13.9 Å². The quantitative estimate of drug-likeness (QED) is 0.682. The normalized spacial score (nSPS) is 10.7. The van der Waals surface area contributed by atoms with Gasteiger partial charge in [0, 0.05) is 17.2 Å². The number of methoxy groups -OCH3 is 2. The van der Waals surface area contributed by atoms with Crippen LogP contribution in [-0.4, -0.2) is 14.2 Å². The van der Waals surface area contributed by atoms with Crippen molar-refractivity contribution in [1.29, 1.82) is 0 Å². The minimum atomic E-state index is -0.426. The topological polar surface area (TPSA) is 48.7 Å². The molecule has 0 atom stereocenters. The van der Waals surface area contributed by atoms with Crippen molar-refractivity contribution in [3.8, 4) is 22.6 Å². The van der Waals surface area contributed by atoms with Gasteiger partial charge in [0.2, 0.25) is 0 Å². The van der Waals surface area contributed by atoms with E-state index in [9.17, 15) is 4.79 Å². The van der Waals surface area contributed by atoms with E-state index in [1.165, 1.54) is 0 Å². The molecule has 0 saturated carbocycles. The summed E-state index contributed by atoms with van der Waals surface area (Å²) in [6, 6.07) is 12.2. The second-order valence-electron chi connectivity index (χ2n) is 4.70. The first kappa shape index (κ1) is 14.5. The number of rotatable bonds is 3. The van der Waals surface area contributed by atoms with Gasteiger partial charge in [-0.1, -0.05) is 23.7 Å². The molecule has 1 heterocycles. The lowest BCUT2D eigenvalue weighted by molar-refractivity contribution is 0.396. The largest absolute Gasteiger partial charge is 0.496 e. The molecule has 0 spiro atoms. The molecule has 2 aromatic carbocycles. The highest BCUT2D eigenvalue weighted by molar-refractivity contribution is 6.30. The first-order valence-electron chi connectivity index (χ1n) is 6.58. The van der Waals surface area contributed by atoms with E-state index < -0.39 is 5.63 Å². The third-order valence-electron chi connectivity index (χ3n) is 3.40. The Labute approximate surface area is 131 Å². The molecule has 3 aromatic rings. The molecule has 0 aliphatic heterocycles. The zero-order chi connectivity index (χ0) is 15.7. The standard InChI is InChI=1S/C17H13ClO4/c1-20-12-7-15(21-2)14-9-13(17(19)22-16(14)8-12)10-3-5-11(18)6-4-10/h3-9H,1-2H3. The van der Waals surface area contributed by atoms with E-state index in [4.69, 9.17) is 25.5 Å². The highest BCUT2D eigenvalue weighted by atomic mass is 35.5. The van der Waals surface area contributed by atoms with Crippen LogP contribution in [0.25, 0.3) is 22.1 Å². The van der Waals surface area contributed by atoms with Crippen molar-refractivity contribution < 1.29 is 13.9 Å². The molecule has 4 nitrogen and oxygen atoms in total. The Balaban J connectivity index is 2.27. The summed E-state index contributed by atoms with van der Waals surface area (Å²) in [5.41, 5.74) is 1.18. The van der Waals surface area contributed by atoms with Crippen molar-refractivity contribution in [1.82, 2.24) is 0 Å². The number of hydrogen-bond acceptors (Lipinski definition) is 4. The highest BCUT2D eigenvalue weighted by Gasteiger charge is 2.13. The lowest BCUT2D eigenvalue weighted by Crippen LogP contribution is -2.03. The molecule has 112 valence electrons. The third-order valence-corrected chi connectivity index (χ3v) is 3.65. The molecular weight excluding hydrogens is 304 g/mol. The van der Waals surface area contributed by atoms with Gasteiger partial charge in [-0.3, -0.25) is 0 Å². The van der Waals surface area contributed by atoms with Crippen LogP contribution in [0, 0.1) is 0 Å². The number of ether oxygens (including phenoxy) is 2. The second kappa shape index (κ2) is 5.73. The zero-order valence-electron chi connectivity index (χ0n) is 12.1. The first-order chi connectivity index (χ1) is 10.6. The summed E-state index contributed by atoms with van der Waals surface area (Å²) in [7, 11) is 3.10. The van der Waals surface area contributed by atoms with Crippen LogP contribution < -0.4 is 15.1 Å². The fraction of sp³-hybridized carbons (Fsp3) is 0.118.